The first-order valence-electron chi connectivity index (χ1n) is 8.94. The summed E-state index contributed by atoms with van der Waals surface area (Å²) in [5.41, 5.74) is 4.61. The summed E-state index contributed by atoms with van der Waals surface area (Å²) in [5, 5.41) is 4.99. The van der Waals surface area contributed by atoms with Crippen LogP contribution in [0.1, 0.15) is 49.5 Å². The zero-order valence-corrected chi connectivity index (χ0v) is 13.6. The van der Waals surface area contributed by atoms with Crippen LogP contribution in [-0.4, -0.2) is 35.7 Å². The summed E-state index contributed by atoms with van der Waals surface area (Å²) in [4.78, 5) is 38.2. The van der Waals surface area contributed by atoms with E-state index in [1.807, 2.05) is 26.1 Å². The lowest BCUT2D eigenvalue weighted by Crippen LogP contribution is -2.52. The number of benzene rings is 1. The fourth-order valence-electron chi connectivity index (χ4n) is 3.28. The zero-order chi connectivity index (χ0) is 19.6. The Kier molecular flexibility index (Phi) is 2.82. The monoisotopic (exact) mass is 318 g/mol. The molecule has 1 fully saturated rings. The van der Waals surface area contributed by atoms with Gasteiger partial charge in [-0.25, -0.2) is 0 Å². The van der Waals surface area contributed by atoms with Crippen LogP contribution in [-0.2, 0) is 16.1 Å². The third-order valence-electron chi connectivity index (χ3n) is 4.74. The van der Waals surface area contributed by atoms with Gasteiger partial charge in [0, 0.05) is 39.5 Å². The average molecular weight is 318 g/mol. The number of fused-ring (bicyclic) bond motifs is 1. The Morgan fingerprint density at radius 3 is 2.57 bits per heavy atom. The summed E-state index contributed by atoms with van der Waals surface area (Å²) < 4.78 is 24.1. The van der Waals surface area contributed by atoms with Crippen LogP contribution < -0.4 is 10.6 Å². The Hall–Kier alpha value is -2.37. The fraction of sp³-hybridized carbons (Fsp3) is 0.471. The van der Waals surface area contributed by atoms with Gasteiger partial charge in [0.1, 0.15) is 6.02 Å². The van der Waals surface area contributed by atoms with Crippen LogP contribution in [0.3, 0.4) is 0 Å². The molecule has 1 atom stereocenters. The molecule has 0 aromatic heterocycles. The maximum Gasteiger partial charge on any atom is 0.255 e. The molecule has 122 valence electrons. The number of rotatable bonds is 2. The standard InChI is InChI=1S/C17H21N3O3/c1-8-9(2)14-11(15(18-4)10(8)3)7-20(17(14)23)12-5-6-13(21)19-16(12)22/h12,18H,5-7H2,1-4H3,(H,19,21,22)/i6D2,12D. The Bertz CT molecular complexity index is 869. The minimum absolute atomic E-state index is 0.00743. The maximum absolute atomic E-state index is 13.1. The smallest absolute Gasteiger partial charge is 0.255 e. The second kappa shape index (κ2) is 5.37. The molecule has 2 aliphatic heterocycles. The van der Waals surface area contributed by atoms with Gasteiger partial charge in [-0.05, 0) is 43.9 Å². The van der Waals surface area contributed by atoms with E-state index < -0.39 is 36.5 Å². The minimum atomic E-state index is -2.41. The Morgan fingerprint density at radius 2 is 1.91 bits per heavy atom. The predicted octanol–water partition coefficient (Wildman–Crippen LogP) is 1.41. The Balaban J connectivity index is 2.13. The SMILES string of the molecule is [2H]C1([2H])CC([2H])(N2Cc3c(NC)c(C)c(C)c(C)c3C2=O)C(=O)NC1=O. The van der Waals surface area contributed by atoms with Crippen molar-refractivity contribution in [1.29, 1.82) is 0 Å². The first kappa shape index (κ1) is 12.1. The second-order valence-electron chi connectivity index (χ2n) is 5.83. The van der Waals surface area contributed by atoms with Crippen molar-refractivity contribution in [2.24, 2.45) is 0 Å². The highest BCUT2D eigenvalue weighted by molar-refractivity contribution is 6.07. The lowest BCUT2D eigenvalue weighted by Gasteiger charge is -2.29. The van der Waals surface area contributed by atoms with Crippen molar-refractivity contribution in [2.75, 3.05) is 12.4 Å². The van der Waals surface area contributed by atoms with Crippen molar-refractivity contribution >= 4 is 23.4 Å². The molecule has 1 unspecified atom stereocenters. The molecule has 2 aliphatic rings. The molecule has 6 nitrogen and oxygen atoms in total. The topological polar surface area (TPSA) is 78.5 Å². The van der Waals surface area contributed by atoms with E-state index in [0.29, 0.717) is 11.1 Å². The molecular formula is C17H21N3O3. The van der Waals surface area contributed by atoms with E-state index >= 15 is 0 Å². The van der Waals surface area contributed by atoms with Gasteiger partial charge in [-0.2, -0.15) is 0 Å². The second-order valence-corrected chi connectivity index (χ2v) is 5.83. The summed E-state index contributed by atoms with van der Waals surface area (Å²) in [7, 11) is 1.74. The van der Waals surface area contributed by atoms with Gasteiger partial charge in [-0.1, -0.05) is 0 Å². The normalized spacial score (nSPS) is 27.9. The van der Waals surface area contributed by atoms with Crippen molar-refractivity contribution in [2.45, 2.75) is 46.1 Å². The first-order chi connectivity index (χ1) is 12.0. The molecule has 0 aliphatic carbocycles. The van der Waals surface area contributed by atoms with Crippen molar-refractivity contribution in [3.05, 3.63) is 27.8 Å². The molecule has 0 saturated carbocycles. The maximum atomic E-state index is 13.1. The molecule has 1 saturated heterocycles. The van der Waals surface area contributed by atoms with E-state index in [9.17, 15) is 14.4 Å². The van der Waals surface area contributed by atoms with Gasteiger partial charge < -0.3 is 10.2 Å². The largest absolute Gasteiger partial charge is 0.388 e. The zero-order valence-electron chi connectivity index (χ0n) is 16.6. The number of hydrogen-bond acceptors (Lipinski definition) is 4. The summed E-state index contributed by atoms with van der Waals surface area (Å²) >= 11 is 0. The summed E-state index contributed by atoms with van der Waals surface area (Å²) in [6, 6.07) is -2.19. The van der Waals surface area contributed by atoms with E-state index in [1.165, 1.54) is 0 Å². The van der Waals surface area contributed by atoms with Crippen molar-refractivity contribution in [1.82, 2.24) is 10.2 Å². The van der Waals surface area contributed by atoms with Crippen LogP contribution in [0.15, 0.2) is 0 Å². The molecule has 3 amide bonds. The lowest BCUT2D eigenvalue weighted by atomic mass is 9.93. The van der Waals surface area contributed by atoms with Crippen molar-refractivity contribution in [3.8, 4) is 0 Å². The van der Waals surface area contributed by atoms with Gasteiger partial charge in [0.05, 0.1) is 1.37 Å². The van der Waals surface area contributed by atoms with Gasteiger partial charge in [-0.15, -0.1) is 0 Å². The number of imide groups is 1. The minimum Gasteiger partial charge on any atom is -0.388 e. The molecular weight excluding hydrogens is 294 g/mol. The molecule has 3 rings (SSSR count). The summed E-state index contributed by atoms with van der Waals surface area (Å²) in [5.74, 6) is -2.54. The number of carbonyl (C=O) groups excluding carboxylic acids is 3. The van der Waals surface area contributed by atoms with E-state index in [2.05, 4.69) is 5.32 Å². The molecule has 0 bridgehead atoms. The van der Waals surface area contributed by atoms with E-state index in [4.69, 9.17) is 4.11 Å². The van der Waals surface area contributed by atoms with Crippen LogP contribution in [0.2, 0.25) is 0 Å². The molecule has 0 spiro atoms. The molecule has 0 radical (unpaired) electrons. The highest BCUT2D eigenvalue weighted by Crippen LogP contribution is 2.38. The fourth-order valence-corrected chi connectivity index (χ4v) is 3.28. The quantitative estimate of drug-likeness (QED) is 0.808. The number of hydrogen-bond donors (Lipinski definition) is 2. The van der Waals surface area contributed by atoms with Crippen LogP contribution in [0.25, 0.3) is 0 Å². The number of nitrogens with zero attached hydrogens (tertiary/aromatic N) is 1. The van der Waals surface area contributed by atoms with E-state index in [0.717, 1.165) is 27.3 Å². The third kappa shape index (κ3) is 2.20. The van der Waals surface area contributed by atoms with Crippen LogP contribution >= 0.6 is 0 Å². The Morgan fingerprint density at radius 1 is 1.22 bits per heavy atom. The average Bonchev–Trinajstić information content (AvgIpc) is 2.89. The molecule has 2 heterocycles. The molecule has 1 aromatic carbocycles. The molecule has 1 aromatic rings. The van der Waals surface area contributed by atoms with Gasteiger partial charge in [0.15, 0.2) is 0 Å². The van der Waals surface area contributed by atoms with Crippen LogP contribution in [0.4, 0.5) is 5.69 Å². The predicted molar refractivity (Wildman–Crippen MR) is 86.2 cm³/mol. The Labute approximate surface area is 139 Å². The number of carbonyl (C=O) groups is 3. The van der Waals surface area contributed by atoms with Gasteiger partial charge in [-0.3, -0.25) is 19.7 Å². The molecule has 6 heteroatoms. The molecule has 23 heavy (non-hydrogen) atoms. The van der Waals surface area contributed by atoms with Crippen LogP contribution in [0, 0.1) is 20.8 Å². The van der Waals surface area contributed by atoms with Gasteiger partial charge >= 0.3 is 0 Å². The third-order valence-corrected chi connectivity index (χ3v) is 4.74. The molecule has 2 N–H and O–H groups in total. The lowest BCUT2D eigenvalue weighted by molar-refractivity contribution is -0.136. The van der Waals surface area contributed by atoms with Crippen LogP contribution in [0.5, 0.6) is 0 Å². The number of nitrogens with one attached hydrogen (secondary N) is 2. The first-order valence-corrected chi connectivity index (χ1v) is 7.44. The van der Waals surface area contributed by atoms with E-state index in [-0.39, 0.29) is 6.54 Å². The summed E-state index contributed by atoms with van der Waals surface area (Å²) in [6.45, 7) is 5.67. The van der Waals surface area contributed by atoms with E-state index in [1.54, 1.807) is 7.05 Å². The highest BCUT2D eigenvalue weighted by Gasteiger charge is 2.41. The van der Waals surface area contributed by atoms with Crippen molar-refractivity contribution in [3.63, 3.8) is 0 Å². The highest BCUT2D eigenvalue weighted by atomic mass is 16.2. The van der Waals surface area contributed by atoms with Crippen molar-refractivity contribution < 1.29 is 18.5 Å². The van der Waals surface area contributed by atoms with Gasteiger partial charge in [0.25, 0.3) is 5.91 Å². The number of piperidine rings is 1. The number of amides is 3. The number of anilines is 1. The summed E-state index contributed by atoms with van der Waals surface area (Å²) in [6.07, 6.45) is -3.10. The van der Waals surface area contributed by atoms with Gasteiger partial charge in [0.2, 0.25) is 11.8 Å².